The normalized spacial score (nSPS) is 16.5. The van der Waals surface area contributed by atoms with E-state index in [4.69, 9.17) is 0 Å². The van der Waals surface area contributed by atoms with Gasteiger partial charge in [0.2, 0.25) is 0 Å². The number of nitrogens with zero attached hydrogens (tertiary/aromatic N) is 1. The van der Waals surface area contributed by atoms with Crippen molar-refractivity contribution in [3.63, 3.8) is 0 Å². The molecule has 2 aliphatic rings. The van der Waals surface area contributed by atoms with E-state index >= 15 is 0 Å². The van der Waals surface area contributed by atoms with E-state index in [-0.39, 0.29) is 0 Å². The Kier molecular flexibility index (Phi) is 5.97. The van der Waals surface area contributed by atoms with E-state index in [0.717, 1.165) is 17.8 Å². The summed E-state index contributed by atoms with van der Waals surface area (Å²) in [6.45, 7) is 2.19. The summed E-state index contributed by atoms with van der Waals surface area (Å²) in [6, 6.07) is 39.0. The SMILES string of the molecule is CC1=CCC2C=C(N(c3ccc(-c4ccccc4)cc3)c3ccc(-c4ccccc4)cc3)C=CC2=C1. The molecular formula is C35H29N. The van der Waals surface area contributed by atoms with Crippen LogP contribution in [0.5, 0.6) is 0 Å². The molecule has 0 radical (unpaired) electrons. The molecule has 0 aliphatic heterocycles. The second kappa shape index (κ2) is 9.71. The summed E-state index contributed by atoms with van der Waals surface area (Å²) in [7, 11) is 0. The van der Waals surface area contributed by atoms with Crippen molar-refractivity contribution in [2.45, 2.75) is 13.3 Å². The van der Waals surface area contributed by atoms with Crippen molar-refractivity contribution >= 4 is 11.4 Å². The molecule has 0 aromatic heterocycles. The fourth-order valence-electron chi connectivity index (χ4n) is 5.12. The second-order valence-electron chi connectivity index (χ2n) is 9.52. The van der Waals surface area contributed by atoms with Crippen LogP contribution in [0.2, 0.25) is 0 Å². The minimum atomic E-state index is 0.420. The lowest BCUT2D eigenvalue weighted by atomic mass is 9.85. The molecule has 36 heavy (non-hydrogen) atoms. The van der Waals surface area contributed by atoms with Crippen molar-refractivity contribution in [1.29, 1.82) is 0 Å². The first-order valence-electron chi connectivity index (χ1n) is 12.6. The fraction of sp³-hybridized carbons (Fsp3) is 0.0857. The molecule has 0 bridgehead atoms. The Morgan fingerprint density at radius 1 is 0.583 bits per heavy atom. The Bertz CT molecular complexity index is 1390. The summed E-state index contributed by atoms with van der Waals surface area (Å²) in [5.74, 6) is 0.420. The smallest absolute Gasteiger partial charge is 0.0461 e. The van der Waals surface area contributed by atoms with Gasteiger partial charge < -0.3 is 4.90 Å². The van der Waals surface area contributed by atoms with Crippen LogP contribution in [-0.2, 0) is 0 Å². The maximum absolute atomic E-state index is 2.42. The highest BCUT2D eigenvalue weighted by atomic mass is 15.1. The molecule has 174 valence electrons. The van der Waals surface area contributed by atoms with Crippen molar-refractivity contribution in [2.24, 2.45) is 5.92 Å². The van der Waals surface area contributed by atoms with Crippen LogP contribution < -0.4 is 4.90 Å². The highest BCUT2D eigenvalue weighted by Crippen LogP contribution is 2.38. The Morgan fingerprint density at radius 2 is 1.08 bits per heavy atom. The Morgan fingerprint density at radius 3 is 1.61 bits per heavy atom. The van der Waals surface area contributed by atoms with E-state index in [0.29, 0.717) is 5.92 Å². The Labute approximate surface area is 214 Å². The topological polar surface area (TPSA) is 3.24 Å². The molecule has 4 aromatic rings. The molecule has 6 rings (SSSR count). The lowest BCUT2D eigenvalue weighted by Gasteiger charge is -2.31. The van der Waals surface area contributed by atoms with Crippen molar-refractivity contribution in [3.05, 3.63) is 156 Å². The third-order valence-electron chi connectivity index (χ3n) is 7.06. The number of fused-ring (bicyclic) bond motifs is 1. The molecule has 4 aromatic carbocycles. The van der Waals surface area contributed by atoms with Crippen LogP contribution >= 0.6 is 0 Å². The molecule has 1 heteroatoms. The van der Waals surface area contributed by atoms with Gasteiger partial charge in [-0.1, -0.05) is 115 Å². The van der Waals surface area contributed by atoms with Crippen molar-refractivity contribution in [1.82, 2.24) is 0 Å². The lowest BCUT2D eigenvalue weighted by Crippen LogP contribution is -2.19. The van der Waals surface area contributed by atoms with Crippen molar-refractivity contribution in [3.8, 4) is 22.3 Å². The second-order valence-corrected chi connectivity index (χ2v) is 9.52. The van der Waals surface area contributed by atoms with Gasteiger partial charge in [-0.2, -0.15) is 0 Å². The van der Waals surface area contributed by atoms with Gasteiger partial charge in [0.15, 0.2) is 0 Å². The molecule has 0 saturated heterocycles. The minimum Gasteiger partial charge on any atom is -0.311 e. The number of benzene rings is 4. The van der Waals surface area contributed by atoms with Crippen LogP contribution in [0.3, 0.4) is 0 Å². The van der Waals surface area contributed by atoms with Crippen molar-refractivity contribution in [2.75, 3.05) is 4.90 Å². The zero-order valence-corrected chi connectivity index (χ0v) is 20.5. The number of rotatable bonds is 5. The van der Waals surface area contributed by atoms with E-state index in [9.17, 15) is 0 Å². The van der Waals surface area contributed by atoms with Gasteiger partial charge in [0.1, 0.15) is 0 Å². The highest BCUT2D eigenvalue weighted by molar-refractivity contribution is 5.76. The van der Waals surface area contributed by atoms with Crippen LogP contribution in [0.15, 0.2) is 156 Å². The van der Waals surface area contributed by atoms with Gasteiger partial charge in [-0.25, -0.2) is 0 Å². The molecule has 0 saturated carbocycles. The van der Waals surface area contributed by atoms with Gasteiger partial charge in [0, 0.05) is 23.0 Å². The average molecular weight is 464 g/mol. The number of hydrogen-bond donors (Lipinski definition) is 0. The van der Waals surface area contributed by atoms with E-state index in [1.807, 2.05) is 0 Å². The average Bonchev–Trinajstić information content (AvgIpc) is 2.95. The van der Waals surface area contributed by atoms with E-state index in [1.165, 1.54) is 39.1 Å². The summed E-state index contributed by atoms with van der Waals surface area (Å²) < 4.78 is 0. The molecule has 1 unspecified atom stereocenters. The predicted molar refractivity (Wildman–Crippen MR) is 153 cm³/mol. The Balaban J connectivity index is 1.39. The zero-order chi connectivity index (χ0) is 24.3. The van der Waals surface area contributed by atoms with Gasteiger partial charge in [0.05, 0.1) is 0 Å². The molecule has 2 aliphatic carbocycles. The third kappa shape index (κ3) is 4.48. The van der Waals surface area contributed by atoms with Gasteiger partial charge in [-0.15, -0.1) is 0 Å². The van der Waals surface area contributed by atoms with E-state index < -0.39 is 0 Å². The summed E-state index contributed by atoms with van der Waals surface area (Å²) in [5.41, 5.74) is 11.2. The maximum atomic E-state index is 2.42. The first-order valence-corrected chi connectivity index (χ1v) is 12.6. The molecule has 0 N–H and O–H groups in total. The monoisotopic (exact) mass is 463 g/mol. The molecule has 0 heterocycles. The van der Waals surface area contributed by atoms with Crippen LogP contribution in [0.4, 0.5) is 11.4 Å². The fourth-order valence-corrected chi connectivity index (χ4v) is 5.12. The summed E-state index contributed by atoms with van der Waals surface area (Å²) >= 11 is 0. The number of anilines is 2. The van der Waals surface area contributed by atoms with Crippen LogP contribution in [0.1, 0.15) is 13.3 Å². The molecule has 0 amide bonds. The number of hydrogen-bond acceptors (Lipinski definition) is 1. The van der Waals surface area contributed by atoms with Crippen LogP contribution in [-0.4, -0.2) is 0 Å². The molecule has 1 nitrogen and oxygen atoms in total. The molecular weight excluding hydrogens is 434 g/mol. The first kappa shape index (κ1) is 22.1. The maximum Gasteiger partial charge on any atom is 0.0461 e. The summed E-state index contributed by atoms with van der Waals surface area (Å²) in [6.07, 6.45) is 12.7. The van der Waals surface area contributed by atoms with Crippen molar-refractivity contribution < 1.29 is 0 Å². The van der Waals surface area contributed by atoms with E-state index in [1.54, 1.807) is 0 Å². The van der Waals surface area contributed by atoms with Crippen LogP contribution in [0, 0.1) is 5.92 Å². The van der Waals surface area contributed by atoms with E-state index in [2.05, 4.69) is 151 Å². The van der Waals surface area contributed by atoms with Gasteiger partial charge in [0.25, 0.3) is 0 Å². The third-order valence-corrected chi connectivity index (χ3v) is 7.06. The molecule has 0 spiro atoms. The van der Waals surface area contributed by atoms with Gasteiger partial charge in [-0.3, -0.25) is 0 Å². The van der Waals surface area contributed by atoms with Gasteiger partial charge in [-0.05, 0) is 71.5 Å². The zero-order valence-electron chi connectivity index (χ0n) is 20.5. The molecule has 0 fully saturated rings. The Hall–Kier alpha value is -4.36. The largest absolute Gasteiger partial charge is 0.311 e. The molecule has 1 atom stereocenters. The highest BCUT2D eigenvalue weighted by Gasteiger charge is 2.21. The van der Waals surface area contributed by atoms with Crippen LogP contribution in [0.25, 0.3) is 22.3 Å². The summed E-state index contributed by atoms with van der Waals surface area (Å²) in [4.78, 5) is 2.38. The van der Waals surface area contributed by atoms with Gasteiger partial charge >= 0.3 is 0 Å². The predicted octanol–water partition coefficient (Wildman–Crippen LogP) is 9.50. The summed E-state index contributed by atoms with van der Waals surface area (Å²) in [5, 5.41) is 0. The lowest BCUT2D eigenvalue weighted by molar-refractivity contribution is 0.762. The standard InChI is InChI=1S/C35H29N/c1-26-12-13-32-25-35(23-18-31(32)24-26)36(33-19-14-29(15-20-33)27-8-4-2-5-9-27)34-21-16-30(17-22-34)28-10-6-3-7-11-28/h2-12,14-25,32H,13H2,1H3. The quantitative estimate of drug-likeness (QED) is 0.285. The minimum absolute atomic E-state index is 0.420. The first-order chi connectivity index (χ1) is 17.7. The number of allylic oxidation sites excluding steroid dienone is 7.